The van der Waals surface area contributed by atoms with Crippen LogP contribution in [0.1, 0.15) is 17.6 Å². The molecule has 0 fully saturated rings. The van der Waals surface area contributed by atoms with Crippen molar-refractivity contribution in [1.82, 2.24) is 0 Å². The van der Waals surface area contributed by atoms with Crippen molar-refractivity contribution in [1.29, 1.82) is 0 Å². The Morgan fingerprint density at radius 3 is 2.47 bits per heavy atom. The Labute approximate surface area is 83.6 Å². The summed E-state index contributed by atoms with van der Waals surface area (Å²) in [5, 5.41) is 0. The lowest BCUT2D eigenvalue weighted by Gasteiger charge is -2.06. The van der Waals surface area contributed by atoms with Crippen LogP contribution in [0, 0.1) is 11.6 Å². The van der Waals surface area contributed by atoms with Gasteiger partial charge in [-0.05, 0) is 17.7 Å². The van der Waals surface area contributed by atoms with Crippen molar-refractivity contribution in [3.05, 3.63) is 34.9 Å². The van der Waals surface area contributed by atoms with Gasteiger partial charge in [0.05, 0.1) is 6.61 Å². The standard InChI is InChI=1S/C9H9F4NO/c10-7-4-6(9(12)13)3-5(8(7)11)1-2-15-14/h3-4,9H,1-2,14H2. The molecule has 15 heavy (non-hydrogen) atoms. The van der Waals surface area contributed by atoms with Crippen LogP contribution in [0.25, 0.3) is 0 Å². The fourth-order valence-corrected chi connectivity index (χ4v) is 1.15. The van der Waals surface area contributed by atoms with Crippen molar-refractivity contribution in [3.63, 3.8) is 0 Å². The van der Waals surface area contributed by atoms with Gasteiger partial charge in [-0.3, -0.25) is 0 Å². The van der Waals surface area contributed by atoms with E-state index in [2.05, 4.69) is 4.84 Å². The summed E-state index contributed by atoms with van der Waals surface area (Å²) in [7, 11) is 0. The normalized spacial score (nSPS) is 11.1. The van der Waals surface area contributed by atoms with Crippen molar-refractivity contribution in [2.45, 2.75) is 12.8 Å². The third-order valence-electron chi connectivity index (χ3n) is 1.87. The number of halogens is 4. The molecule has 1 rings (SSSR count). The molecule has 2 nitrogen and oxygen atoms in total. The maximum Gasteiger partial charge on any atom is 0.263 e. The zero-order chi connectivity index (χ0) is 11.4. The maximum atomic E-state index is 13.1. The van der Waals surface area contributed by atoms with E-state index in [1.807, 2.05) is 0 Å². The highest BCUT2D eigenvalue weighted by Gasteiger charge is 2.15. The predicted octanol–water partition coefficient (Wildman–Crippen LogP) is 2.34. The van der Waals surface area contributed by atoms with Gasteiger partial charge in [-0.25, -0.2) is 23.5 Å². The lowest BCUT2D eigenvalue weighted by molar-refractivity contribution is 0.139. The van der Waals surface area contributed by atoms with Gasteiger partial charge in [-0.1, -0.05) is 0 Å². The molecule has 0 spiro atoms. The van der Waals surface area contributed by atoms with Gasteiger partial charge < -0.3 is 4.84 Å². The molecule has 0 radical (unpaired) electrons. The SMILES string of the molecule is NOCCc1cc(C(F)F)cc(F)c1F. The summed E-state index contributed by atoms with van der Waals surface area (Å²) in [5.74, 6) is 2.26. The van der Waals surface area contributed by atoms with E-state index < -0.39 is 23.6 Å². The first-order valence-electron chi connectivity index (χ1n) is 4.14. The van der Waals surface area contributed by atoms with E-state index in [9.17, 15) is 17.6 Å². The van der Waals surface area contributed by atoms with Gasteiger partial charge >= 0.3 is 0 Å². The zero-order valence-electron chi connectivity index (χ0n) is 7.64. The molecular formula is C9H9F4NO. The van der Waals surface area contributed by atoms with E-state index in [0.29, 0.717) is 6.07 Å². The first kappa shape index (κ1) is 11.9. The van der Waals surface area contributed by atoms with E-state index in [0.717, 1.165) is 6.07 Å². The minimum Gasteiger partial charge on any atom is -0.304 e. The number of hydrogen-bond donors (Lipinski definition) is 1. The lowest BCUT2D eigenvalue weighted by Crippen LogP contribution is -2.06. The Kier molecular flexibility index (Phi) is 4.05. The topological polar surface area (TPSA) is 35.2 Å². The largest absolute Gasteiger partial charge is 0.304 e. The van der Waals surface area contributed by atoms with Crippen LogP contribution in [-0.2, 0) is 11.3 Å². The second kappa shape index (κ2) is 5.09. The molecule has 0 atom stereocenters. The summed E-state index contributed by atoms with van der Waals surface area (Å²) < 4.78 is 50.4. The molecular weight excluding hydrogens is 214 g/mol. The van der Waals surface area contributed by atoms with Crippen LogP contribution >= 0.6 is 0 Å². The fourth-order valence-electron chi connectivity index (χ4n) is 1.15. The van der Waals surface area contributed by atoms with Crippen LogP contribution in [0.15, 0.2) is 12.1 Å². The quantitative estimate of drug-likeness (QED) is 0.628. The van der Waals surface area contributed by atoms with Gasteiger partial charge in [0, 0.05) is 12.0 Å². The van der Waals surface area contributed by atoms with Crippen molar-refractivity contribution in [3.8, 4) is 0 Å². The van der Waals surface area contributed by atoms with Crippen LogP contribution < -0.4 is 5.90 Å². The zero-order valence-corrected chi connectivity index (χ0v) is 7.64. The molecule has 6 heteroatoms. The number of rotatable bonds is 4. The van der Waals surface area contributed by atoms with E-state index in [4.69, 9.17) is 5.90 Å². The Bertz CT molecular complexity index is 343. The average molecular weight is 223 g/mol. The number of nitrogens with two attached hydrogens (primary N) is 1. The average Bonchev–Trinajstić information content (AvgIpc) is 2.19. The first-order valence-corrected chi connectivity index (χ1v) is 4.14. The van der Waals surface area contributed by atoms with Crippen molar-refractivity contribution < 1.29 is 22.4 Å². The van der Waals surface area contributed by atoms with Gasteiger partial charge in [0.1, 0.15) is 0 Å². The van der Waals surface area contributed by atoms with Gasteiger partial charge in [0.25, 0.3) is 6.43 Å². The first-order chi connectivity index (χ1) is 7.06. The Morgan fingerprint density at radius 2 is 1.93 bits per heavy atom. The number of benzene rings is 1. The molecule has 0 amide bonds. The predicted molar refractivity (Wildman–Crippen MR) is 45.2 cm³/mol. The van der Waals surface area contributed by atoms with Crippen LogP contribution in [0.5, 0.6) is 0 Å². The molecule has 0 unspecified atom stereocenters. The Balaban J connectivity index is 3.02. The second-order valence-electron chi connectivity index (χ2n) is 2.90. The van der Waals surface area contributed by atoms with Crippen LogP contribution in [0.2, 0.25) is 0 Å². The van der Waals surface area contributed by atoms with E-state index in [-0.39, 0.29) is 18.6 Å². The smallest absolute Gasteiger partial charge is 0.263 e. The van der Waals surface area contributed by atoms with Crippen LogP contribution in [0.3, 0.4) is 0 Å². The molecule has 1 aromatic carbocycles. The molecule has 0 heterocycles. The molecule has 1 aromatic rings. The van der Waals surface area contributed by atoms with Gasteiger partial charge in [-0.2, -0.15) is 0 Å². The minimum absolute atomic E-state index is 0.0557. The van der Waals surface area contributed by atoms with Crippen LogP contribution in [0.4, 0.5) is 17.6 Å². The lowest BCUT2D eigenvalue weighted by atomic mass is 10.1. The molecule has 0 aliphatic heterocycles. The summed E-state index contributed by atoms with van der Waals surface area (Å²) >= 11 is 0. The van der Waals surface area contributed by atoms with Gasteiger partial charge in [0.15, 0.2) is 11.6 Å². The molecule has 84 valence electrons. The third-order valence-corrected chi connectivity index (χ3v) is 1.87. The summed E-state index contributed by atoms with van der Waals surface area (Å²) in [5.41, 5.74) is -0.725. The Morgan fingerprint density at radius 1 is 1.27 bits per heavy atom. The van der Waals surface area contributed by atoms with Gasteiger partial charge in [-0.15, -0.1) is 0 Å². The summed E-state index contributed by atoms with van der Waals surface area (Å²) in [6.07, 6.45) is -2.89. The number of alkyl halides is 2. The van der Waals surface area contributed by atoms with Crippen molar-refractivity contribution >= 4 is 0 Å². The summed E-state index contributed by atoms with van der Waals surface area (Å²) in [6, 6.07) is 1.38. The summed E-state index contributed by atoms with van der Waals surface area (Å²) in [6.45, 7) is -0.0664. The highest BCUT2D eigenvalue weighted by Crippen LogP contribution is 2.23. The third kappa shape index (κ3) is 2.90. The molecule has 0 bridgehead atoms. The minimum atomic E-state index is -2.84. The number of hydrogen-bond acceptors (Lipinski definition) is 2. The highest BCUT2D eigenvalue weighted by molar-refractivity contribution is 5.27. The maximum absolute atomic E-state index is 13.1. The van der Waals surface area contributed by atoms with Gasteiger partial charge in [0.2, 0.25) is 0 Å². The molecule has 0 saturated heterocycles. The highest BCUT2D eigenvalue weighted by atomic mass is 19.3. The molecule has 0 saturated carbocycles. The molecule has 0 aromatic heterocycles. The van der Waals surface area contributed by atoms with Crippen molar-refractivity contribution in [2.75, 3.05) is 6.61 Å². The second-order valence-corrected chi connectivity index (χ2v) is 2.90. The molecule has 2 N–H and O–H groups in total. The van der Waals surface area contributed by atoms with Crippen LogP contribution in [-0.4, -0.2) is 6.61 Å². The Hall–Kier alpha value is -1.14. The van der Waals surface area contributed by atoms with E-state index in [1.165, 1.54) is 0 Å². The van der Waals surface area contributed by atoms with E-state index >= 15 is 0 Å². The summed E-state index contributed by atoms with van der Waals surface area (Å²) in [4.78, 5) is 4.16. The van der Waals surface area contributed by atoms with E-state index in [1.54, 1.807) is 0 Å². The molecule has 0 aliphatic rings. The molecule has 0 aliphatic carbocycles. The monoisotopic (exact) mass is 223 g/mol. The fraction of sp³-hybridized carbons (Fsp3) is 0.333. The van der Waals surface area contributed by atoms with Crippen molar-refractivity contribution in [2.24, 2.45) is 5.90 Å².